The second-order valence-electron chi connectivity index (χ2n) is 7.23. The number of thiazole rings is 1. The molecule has 0 spiro atoms. The van der Waals surface area contributed by atoms with E-state index in [-0.39, 0.29) is 68.5 Å². The smallest absolute Gasteiger partial charge is 0.857 e. The third-order valence-corrected chi connectivity index (χ3v) is 8.07. The van der Waals surface area contributed by atoms with Crippen molar-refractivity contribution in [3.8, 4) is 0 Å². The Balaban J connectivity index is 0.00000380. The molecule has 2 aromatic rings. The molecule has 0 radical (unpaired) electrons. The summed E-state index contributed by atoms with van der Waals surface area (Å²) >= 11 is 3.36. The number of oxime groups is 1. The number of thioether (sulfide) groups is 2. The molecule has 4 N–H and O–H groups in total. The Morgan fingerprint density at radius 1 is 1.41 bits per heavy atom. The number of carboxylic acid groups (broad SMARTS) is 1. The monoisotopic (exact) mass is 576 g/mol. The van der Waals surface area contributed by atoms with Crippen molar-refractivity contribution in [2.75, 3.05) is 24.3 Å². The number of carboxylic acids is 1. The molecular weight excluding hydrogens is 559 g/mol. The standard InChI is InChI=1S/C18H18N8O7S3.Na/c1-25-18(22-12(28)13(29)23-25)36-4-6-3-34-15-9(14(30)26(15)10(6)16(31)32)21-11(27)8(24-33-2)7-5-35-17(19)20-7;/h5,9,15H,3-4H2,1-2H3,(H2,19,20)(H,21,27)(H,23,29)(H,31,32);/q;+1/p-1/b24-8+;/t9-,15-;/m1./s1. The van der Waals surface area contributed by atoms with Crippen LogP contribution in [0.3, 0.4) is 0 Å². The zero-order chi connectivity index (χ0) is 26.1. The van der Waals surface area contributed by atoms with Gasteiger partial charge in [-0.15, -0.1) is 23.1 Å². The number of nitrogens with zero attached hydrogens (tertiary/aromatic N) is 6. The number of H-pyrrole nitrogens is 1. The zero-order valence-electron chi connectivity index (χ0n) is 19.5. The number of β-lactam (4-membered cyclic amide) rings is 1. The number of anilines is 1. The van der Waals surface area contributed by atoms with Crippen molar-refractivity contribution < 1.29 is 54.2 Å². The van der Waals surface area contributed by atoms with Gasteiger partial charge in [-0.2, -0.15) is 4.98 Å². The molecule has 0 saturated carbocycles. The third-order valence-electron chi connectivity index (χ3n) is 4.95. The van der Waals surface area contributed by atoms with Gasteiger partial charge in [0.05, 0.1) is 0 Å². The van der Waals surface area contributed by atoms with Crippen molar-refractivity contribution >= 4 is 63.5 Å². The minimum Gasteiger partial charge on any atom is -0.857 e. The number of rotatable bonds is 8. The summed E-state index contributed by atoms with van der Waals surface area (Å²) in [5, 5.41) is 29.7. The van der Waals surface area contributed by atoms with Crippen molar-refractivity contribution in [1.82, 2.24) is 24.6 Å². The average molecular weight is 577 g/mol. The average Bonchev–Trinajstić information content (AvgIpc) is 3.27. The zero-order valence-corrected chi connectivity index (χ0v) is 24.0. The molecule has 2 aromatic heterocycles. The fourth-order valence-electron chi connectivity index (χ4n) is 3.37. The van der Waals surface area contributed by atoms with Crippen LogP contribution in [0, 0.1) is 0 Å². The molecule has 4 heterocycles. The first-order valence-electron chi connectivity index (χ1n) is 9.90. The van der Waals surface area contributed by atoms with Gasteiger partial charge in [0, 0.05) is 29.8 Å². The quantitative estimate of drug-likeness (QED) is 0.0511. The molecule has 0 unspecified atom stereocenters. The Morgan fingerprint density at radius 2 is 2.14 bits per heavy atom. The number of carbonyl (C=O) groups is 2. The summed E-state index contributed by atoms with van der Waals surface area (Å²) in [5.41, 5.74) is 3.86. The number of aryl methyl sites for hydroxylation is 1. The molecule has 1 fully saturated rings. The van der Waals surface area contributed by atoms with E-state index >= 15 is 0 Å². The van der Waals surface area contributed by atoms with Crippen molar-refractivity contribution in [3.63, 3.8) is 0 Å². The number of hydrogen-bond donors (Lipinski definition) is 3. The Bertz CT molecular complexity index is 1450. The SMILES string of the molecule is CO/N=C(/C([O-])=N[C@@H]1C(=O)N2C(C(=O)O)=C(CSc3nc(=O)c(=O)[nH]n3C)CS[C@H]12)c1csc(N)n1.[Na+]. The predicted molar refractivity (Wildman–Crippen MR) is 130 cm³/mol. The van der Waals surface area contributed by atoms with E-state index in [1.807, 2.05) is 0 Å². The van der Waals surface area contributed by atoms with Crippen LogP contribution in [0.15, 0.2) is 41.5 Å². The summed E-state index contributed by atoms with van der Waals surface area (Å²) < 4.78 is 1.25. The topological polar surface area (TPSA) is 221 Å². The minimum atomic E-state index is -1.32. The number of aromatic amines is 1. The van der Waals surface area contributed by atoms with E-state index < -0.39 is 40.3 Å². The molecule has 15 nitrogen and oxygen atoms in total. The van der Waals surface area contributed by atoms with Gasteiger partial charge in [0.25, 0.3) is 5.91 Å². The van der Waals surface area contributed by atoms with E-state index in [0.29, 0.717) is 5.57 Å². The molecule has 0 bridgehead atoms. The van der Waals surface area contributed by atoms with Crippen LogP contribution in [0.2, 0.25) is 0 Å². The first-order valence-corrected chi connectivity index (χ1v) is 12.8. The Morgan fingerprint density at radius 3 is 2.76 bits per heavy atom. The van der Waals surface area contributed by atoms with Crippen LogP contribution in [0.1, 0.15) is 5.69 Å². The summed E-state index contributed by atoms with van der Waals surface area (Å²) in [4.78, 5) is 65.3. The molecule has 190 valence electrons. The normalized spacial score (nSPS) is 19.7. The Kier molecular flexibility index (Phi) is 9.24. The van der Waals surface area contributed by atoms with Gasteiger partial charge in [-0.3, -0.25) is 34.1 Å². The Hall–Kier alpha value is -2.64. The number of nitrogens with one attached hydrogen (secondary N) is 1. The largest absolute Gasteiger partial charge is 1.00 e. The van der Waals surface area contributed by atoms with Gasteiger partial charge >= 0.3 is 46.6 Å². The minimum absolute atomic E-state index is 0. The van der Waals surface area contributed by atoms with Crippen molar-refractivity contribution in [1.29, 1.82) is 0 Å². The number of amides is 1. The number of nitrogen functional groups attached to an aromatic ring is 1. The van der Waals surface area contributed by atoms with Gasteiger partial charge in [0.1, 0.15) is 29.6 Å². The molecule has 19 heteroatoms. The molecule has 4 rings (SSSR count). The number of aromatic nitrogens is 4. The molecule has 1 amide bonds. The van der Waals surface area contributed by atoms with Crippen molar-refractivity contribution in [2.45, 2.75) is 16.6 Å². The number of aliphatic carboxylic acids is 1. The molecule has 2 atom stereocenters. The molecule has 2 aliphatic rings. The molecule has 37 heavy (non-hydrogen) atoms. The van der Waals surface area contributed by atoms with Crippen molar-refractivity contribution in [3.05, 3.63) is 43.1 Å². The number of fused-ring (bicyclic) bond motifs is 1. The first kappa shape index (κ1) is 28.9. The molecular formula is C18H17N8NaO7S3. The van der Waals surface area contributed by atoms with E-state index in [2.05, 4.69) is 25.2 Å². The summed E-state index contributed by atoms with van der Waals surface area (Å²) in [6, 6.07) is -1.12. The maximum atomic E-state index is 12.9. The summed E-state index contributed by atoms with van der Waals surface area (Å²) in [6.45, 7) is 0. The summed E-state index contributed by atoms with van der Waals surface area (Å²) in [6.07, 6.45) is 0. The number of carbonyl (C=O) groups excluding carboxylic acids is 1. The summed E-state index contributed by atoms with van der Waals surface area (Å²) in [5.74, 6) is -2.52. The van der Waals surface area contributed by atoms with E-state index in [1.54, 1.807) is 0 Å². The van der Waals surface area contributed by atoms with E-state index in [9.17, 15) is 29.4 Å². The second-order valence-corrected chi connectivity index (χ2v) is 10.2. The molecule has 0 aliphatic carbocycles. The van der Waals surface area contributed by atoms with Crippen LogP contribution in [0.4, 0.5) is 5.13 Å². The number of aliphatic imine (C=N–C) groups is 1. The van der Waals surface area contributed by atoms with Gasteiger partial charge in [0.15, 0.2) is 16.3 Å². The van der Waals surface area contributed by atoms with E-state index in [4.69, 9.17) is 10.6 Å². The van der Waals surface area contributed by atoms with E-state index in [1.165, 1.54) is 36.0 Å². The molecule has 1 saturated heterocycles. The van der Waals surface area contributed by atoms with Gasteiger partial charge in [-0.1, -0.05) is 16.9 Å². The first-order chi connectivity index (χ1) is 17.1. The molecule has 2 aliphatic heterocycles. The van der Waals surface area contributed by atoms with Crippen LogP contribution in [-0.4, -0.2) is 83.3 Å². The van der Waals surface area contributed by atoms with Gasteiger partial charge in [0.2, 0.25) is 0 Å². The number of nitrogens with two attached hydrogens (primary N) is 1. The van der Waals surface area contributed by atoms with E-state index in [0.717, 1.165) is 28.0 Å². The van der Waals surface area contributed by atoms with Gasteiger partial charge in [-0.05, 0) is 5.57 Å². The fraction of sp³-hybridized carbons (Fsp3) is 0.333. The molecule has 0 aromatic carbocycles. The predicted octanol–water partition coefficient (Wildman–Crippen LogP) is -4.96. The van der Waals surface area contributed by atoms with Crippen LogP contribution < -0.4 is 51.5 Å². The third kappa shape index (κ3) is 5.78. The second kappa shape index (κ2) is 11.8. The number of hydrogen-bond acceptors (Lipinski definition) is 14. The van der Waals surface area contributed by atoms with Crippen molar-refractivity contribution in [2.24, 2.45) is 17.2 Å². The van der Waals surface area contributed by atoms with Crippen LogP contribution in [0.25, 0.3) is 0 Å². The fourth-order valence-corrected chi connectivity index (χ4v) is 6.31. The van der Waals surface area contributed by atoms with Gasteiger partial charge < -0.3 is 20.8 Å². The summed E-state index contributed by atoms with van der Waals surface area (Å²) in [7, 11) is 2.72. The van der Waals surface area contributed by atoms with Crippen LogP contribution in [0.5, 0.6) is 0 Å². The van der Waals surface area contributed by atoms with Crippen LogP contribution in [-0.2, 0) is 21.5 Å². The van der Waals surface area contributed by atoms with Gasteiger partial charge in [-0.25, -0.2) is 9.78 Å². The maximum absolute atomic E-state index is 12.9. The Labute approximate surface area is 242 Å². The maximum Gasteiger partial charge on any atom is 1.00 e. The van der Waals surface area contributed by atoms with Crippen LogP contribution >= 0.6 is 34.9 Å².